The molecule has 2 amide bonds. The van der Waals surface area contributed by atoms with Gasteiger partial charge in [-0.15, -0.1) is 0 Å². The third kappa shape index (κ3) is 3.80. The van der Waals surface area contributed by atoms with Gasteiger partial charge in [0.05, 0.1) is 41.9 Å². The third-order valence-electron chi connectivity index (χ3n) is 5.27. The number of rotatable bonds is 3. The Hall–Kier alpha value is -2.49. The number of piperidine rings is 1. The zero-order chi connectivity index (χ0) is 21.4. The number of nitrogens with zero attached hydrogens (tertiary/aromatic N) is 2. The van der Waals surface area contributed by atoms with Gasteiger partial charge in [-0.1, -0.05) is 17.7 Å². The van der Waals surface area contributed by atoms with E-state index in [0.29, 0.717) is 40.5 Å². The van der Waals surface area contributed by atoms with Crippen molar-refractivity contribution in [2.75, 3.05) is 25.5 Å². The number of aliphatic hydroxyl groups excluding tert-OH is 1. The summed E-state index contributed by atoms with van der Waals surface area (Å²) in [6.07, 6.45) is -0.447. The molecule has 2 atom stereocenters. The summed E-state index contributed by atoms with van der Waals surface area (Å²) in [5.74, 6) is 0.515. The number of amides is 2. The number of β-amino-alcohol motifs (C(OH)–C–C–N with tert-alkyl or cyclic N) is 1. The second kappa shape index (κ2) is 8.33. The molecule has 30 heavy (non-hydrogen) atoms. The highest BCUT2D eigenvalue weighted by molar-refractivity contribution is 9.10. The lowest BCUT2D eigenvalue weighted by atomic mass is 10.0. The number of fused-ring (bicyclic) bond motifs is 1. The molecular formula is C20H20BrClN4O4. The van der Waals surface area contributed by atoms with E-state index in [-0.39, 0.29) is 18.3 Å². The van der Waals surface area contributed by atoms with Crippen molar-refractivity contribution >= 4 is 50.3 Å². The maximum Gasteiger partial charge on any atom is 0.326 e. The molecule has 2 heterocycles. The van der Waals surface area contributed by atoms with E-state index in [1.165, 1.54) is 12.0 Å². The first-order chi connectivity index (χ1) is 14.4. The summed E-state index contributed by atoms with van der Waals surface area (Å²) in [5.41, 5.74) is 1.64. The van der Waals surface area contributed by atoms with E-state index in [1.807, 2.05) is 18.2 Å². The highest BCUT2D eigenvalue weighted by Crippen LogP contribution is 2.30. The molecule has 0 saturated carbocycles. The van der Waals surface area contributed by atoms with Crippen molar-refractivity contribution in [3.8, 4) is 5.75 Å². The lowest BCUT2D eigenvalue weighted by molar-refractivity contribution is 0.0442. The van der Waals surface area contributed by atoms with Crippen LogP contribution in [0, 0.1) is 0 Å². The molecule has 4 rings (SSSR count). The van der Waals surface area contributed by atoms with E-state index in [4.69, 9.17) is 16.3 Å². The van der Waals surface area contributed by atoms with E-state index in [2.05, 4.69) is 26.2 Å². The van der Waals surface area contributed by atoms with Crippen LogP contribution in [0.2, 0.25) is 5.02 Å². The fourth-order valence-electron chi connectivity index (χ4n) is 3.79. The van der Waals surface area contributed by atoms with E-state index in [0.717, 1.165) is 4.47 Å². The Bertz CT molecular complexity index is 1160. The number of carbonyl (C=O) groups is 1. The number of halogens is 2. The molecule has 0 spiro atoms. The molecule has 3 N–H and O–H groups in total. The van der Waals surface area contributed by atoms with Gasteiger partial charge in [0, 0.05) is 16.7 Å². The average molecular weight is 496 g/mol. The topological polar surface area (TPSA) is 99.6 Å². The molecule has 0 radical (unpaired) electrons. The Morgan fingerprint density at radius 3 is 2.87 bits per heavy atom. The van der Waals surface area contributed by atoms with Gasteiger partial charge < -0.3 is 25.0 Å². The number of benzene rings is 2. The van der Waals surface area contributed by atoms with Gasteiger partial charge >= 0.3 is 11.7 Å². The van der Waals surface area contributed by atoms with Crippen molar-refractivity contribution < 1.29 is 14.6 Å². The summed E-state index contributed by atoms with van der Waals surface area (Å²) < 4.78 is 7.46. The number of urea groups is 1. The molecule has 2 unspecified atom stereocenters. The number of H-pyrrole nitrogens is 1. The Balaban J connectivity index is 1.49. The Morgan fingerprint density at radius 2 is 2.17 bits per heavy atom. The summed E-state index contributed by atoms with van der Waals surface area (Å²) in [7, 11) is 1.52. The van der Waals surface area contributed by atoms with Crippen LogP contribution in [-0.2, 0) is 0 Å². The highest BCUT2D eigenvalue weighted by Gasteiger charge is 2.33. The maximum atomic E-state index is 12.6. The van der Waals surface area contributed by atoms with Crippen LogP contribution in [0.25, 0.3) is 11.0 Å². The monoisotopic (exact) mass is 494 g/mol. The minimum atomic E-state index is -0.889. The number of hydrogen-bond donors (Lipinski definition) is 3. The van der Waals surface area contributed by atoms with Gasteiger partial charge in [0.2, 0.25) is 0 Å². The van der Waals surface area contributed by atoms with Crippen LogP contribution in [0.3, 0.4) is 0 Å². The first kappa shape index (κ1) is 20.8. The summed E-state index contributed by atoms with van der Waals surface area (Å²) in [5, 5.41) is 13.9. The van der Waals surface area contributed by atoms with Crippen LogP contribution in [0.5, 0.6) is 5.75 Å². The van der Waals surface area contributed by atoms with E-state index >= 15 is 0 Å². The number of carbonyl (C=O) groups excluding carboxylic acids is 1. The Morgan fingerprint density at radius 1 is 1.37 bits per heavy atom. The van der Waals surface area contributed by atoms with Gasteiger partial charge in [-0.3, -0.25) is 4.57 Å². The van der Waals surface area contributed by atoms with Gasteiger partial charge in [0.1, 0.15) is 5.75 Å². The number of imidazole rings is 1. The quantitative estimate of drug-likeness (QED) is 0.517. The SMILES string of the molecule is COc1ccc(NC(=O)N2CCC(n3c(=O)[nH]c4c(Br)cccc43)C(O)C2)cc1Cl. The van der Waals surface area contributed by atoms with Crippen molar-refractivity contribution in [3.05, 3.63) is 56.4 Å². The van der Waals surface area contributed by atoms with Crippen LogP contribution in [0.1, 0.15) is 12.5 Å². The normalized spacial score (nSPS) is 19.1. The fraction of sp³-hybridized carbons (Fsp3) is 0.300. The molecule has 3 aromatic rings. The number of ether oxygens (including phenoxy) is 1. The number of aromatic nitrogens is 2. The van der Waals surface area contributed by atoms with Gasteiger partial charge in [-0.25, -0.2) is 9.59 Å². The molecule has 1 aliphatic rings. The van der Waals surface area contributed by atoms with Crippen molar-refractivity contribution in [1.82, 2.24) is 14.5 Å². The average Bonchev–Trinajstić information content (AvgIpc) is 3.05. The van der Waals surface area contributed by atoms with Crippen LogP contribution in [0.15, 0.2) is 45.7 Å². The maximum absolute atomic E-state index is 12.6. The number of nitrogens with one attached hydrogen (secondary N) is 2. The Kier molecular flexibility index (Phi) is 5.77. The standard InChI is InChI=1S/C20H20BrClN4O4/c1-30-17-6-5-11(9-13(17)22)23-19(28)25-8-7-14(16(27)10-25)26-15-4-2-3-12(21)18(15)24-20(26)29/h2-6,9,14,16,27H,7-8,10H2,1H3,(H,23,28)(H,24,29). The molecule has 8 nitrogen and oxygen atoms in total. The molecule has 10 heteroatoms. The first-order valence-corrected chi connectivity index (χ1v) is 10.5. The fourth-order valence-corrected chi connectivity index (χ4v) is 4.51. The predicted octanol–water partition coefficient (Wildman–Crippen LogP) is 3.59. The van der Waals surface area contributed by atoms with Gasteiger partial charge in [0.15, 0.2) is 0 Å². The van der Waals surface area contributed by atoms with Gasteiger partial charge in [-0.05, 0) is 52.7 Å². The molecule has 0 bridgehead atoms. The zero-order valence-electron chi connectivity index (χ0n) is 16.1. The molecule has 1 aromatic heterocycles. The van der Waals surface area contributed by atoms with Gasteiger partial charge in [-0.2, -0.15) is 0 Å². The molecular weight excluding hydrogens is 476 g/mol. The first-order valence-electron chi connectivity index (χ1n) is 9.35. The number of aromatic amines is 1. The van der Waals surface area contributed by atoms with Crippen LogP contribution in [-0.4, -0.2) is 51.9 Å². The molecule has 0 aliphatic carbocycles. The summed E-state index contributed by atoms with van der Waals surface area (Å²) >= 11 is 9.54. The van der Waals surface area contributed by atoms with E-state index in [1.54, 1.807) is 22.8 Å². The zero-order valence-corrected chi connectivity index (χ0v) is 18.4. The minimum Gasteiger partial charge on any atom is -0.495 e. The number of methoxy groups -OCH3 is 1. The second-order valence-electron chi connectivity index (χ2n) is 7.08. The summed E-state index contributed by atoms with van der Waals surface area (Å²) in [6.45, 7) is 0.498. The molecule has 2 aromatic carbocycles. The van der Waals surface area contributed by atoms with Crippen molar-refractivity contribution in [2.24, 2.45) is 0 Å². The number of hydrogen-bond acceptors (Lipinski definition) is 4. The van der Waals surface area contributed by atoms with Crippen molar-refractivity contribution in [3.63, 3.8) is 0 Å². The Labute approximate surface area is 185 Å². The molecule has 1 fully saturated rings. The van der Waals surface area contributed by atoms with E-state index in [9.17, 15) is 14.7 Å². The number of para-hydroxylation sites is 1. The molecule has 1 aliphatic heterocycles. The third-order valence-corrected chi connectivity index (χ3v) is 6.23. The van der Waals surface area contributed by atoms with Crippen molar-refractivity contribution in [1.29, 1.82) is 0 Å². The lowest BCUT2D eigenvalue weighted by Crippen LogP contribution is -2.49. The molecule has 1 saturated heterocycles. The largest absolute Gasteiger partial charge is 0.495 e. The van der Waals surface area contributed by atoms with Crippen LogP contribution in [0.4, 0.5) is 10.5 Å². The van der Waals surface area contributed by atoms with Crippen molar-refractivity contribution in [2.45, 2.75) is 18.6 Å². The highest BCUT2D eigenvalue weighted by atomic mass is 79.9. The summed E-state index contributed by atoms with van der Waals surface area (Å²) in [4.78, 5) is 29.5. The molecule has 158 valence electrons. The van der Waals surface area contributed by atoms with E-state index < -0.39 is 12.1 Å². The van der Waals surface area contributed by atoms with Gasteiger partial charge in [0.25, 0.3) is 0 Å². The van der Waals surface area contributed by atoms with Crippen LogP contribution < -0.4 is 15.7 Å². The summed E-state index contributed by atoms with van der Waals surface area (Å²) in [6, 6.07) is 9.70. The lowest BCUT2D eigenvalue weighted by Gasteiger charge is -2.36. The number of aliphatic hydroxyl groups is 1. The predicted molar refractivity (Wildman–Crippen MR) is 119 cm³/mol. The smallest absolute Gasteiger partial charge is 0.326 e. The number of anilines is 1. The number of likely N-dealkylation sites (tertiary alicyclic amines) is 1. The second-order valence-corrected chi connectivity index (χ2v) is 8.34. The minimum absolute atomic E-state index is 0.105. The van der Waals surface area contributed by atoms with Crippen LogP contribution >= 0.6 is 27.5 Å².